The van der Waals surface area contributed by atoms with E-state index >= 15 is 0 Å². The van der Waals surface area contributed by atoms with Crippen LogP contribution >= 0.6 is 0 Å². The first-order valence-corrected chi connectivity index (χ1v) is 11.2. The molecular formula is C26H35N3O2. The lowest BCUT2D eigenvalue weighted by Gasteiger charge is -2.36. The van der Waals surface area contributed by atoms with Crippen LogP contribution in [0.15, 0.2) is 54.6 Å². The standard InChI is InChI=1S/C26H35N3O2/c1-20(19-26(2,3)4)18-24(30)27-22-10-12-23(13-11-22)28-14-16-29(17-15-28)25(31)21-8-6-5-7-9-21/h5-13,20H,14-19H2,1-4H3,(H,27,30). The maximum atomic E-state index is 12.6. The predicted octanol–water partition coefficient (Wildman–Crippen LogP) is 5.05. The zero-order chi connectivity index (χ0) is 22.4. The molecule has 2 amide bonds. The molecule has 5 heteroatoms. The van der Waals surface area contributed by atoms with Crippen molar-refractivity contribution in [3.63, 3.8) is 0 Å². The summed E-state index contributed by atoms with van der Waals surface area (Å²) in [6.45, 7) is 11.8. The number of nitrogens with one attached hydrogen (secondary N) is 1. The van der Waals surface area contributed by atoms with Gasteiger partial charge in [0.25, 0.3) is 5.91 Å². The highest BCUT2D eigenvalue weighted by Crippen LogP contribution is 2.26. The molecule has 0 radical (unpaired) electrons. The van der Waals surface area contributed by atoms with Crippen molar-refractivity contribution in [2.24, 2.45) is 11.3 Å². The van der Waals surface area contributed by atoms with E-state index in [1.807, 2.05) is 59.5 Å². The van der Waals surface area contributed by atoms with Gasteiger partial charge in [0.15, 0.2) is 0 Å². The van der Waals surface area contributed by atoms with Crippen molar-refractivity contribution >= 4 is 23.2 Å². The summed E-state index contributed by atoms with van der Waals surface area (Å²) >= 11 is 0. The highest BCUT2D eigenvalue weighted by atomic mass is 16.2. The average molecular weight is 422 g/mol. The van der Waals surface area contributed by atoms with Gasteiger partial charge in [0.05, 0.1) is 0 Å². The van der Waals surface area contributed by atoms with E-state index in [0.717, 1.165) is 36.4 Å². The van der Waals surface area contributed by atoms with Crippen molar-refractivity contribution in [1.29, 1.82) is 0 Å². The number of carbonyl (C=O) groups excluding carboxylic acids is 2. The number of amides is 2. The smallest absolute Gasteiger partial charge is 0.253 e. The Kier molecular flexibility index (Phi) is 7.37. The zero-order valence-corrected chi connectivity index (χ0v) is 19.2. The number of hydrogen-bond donors (Lipinski definition) is 1. The lowest BCUT2D eigenvalue weighted by atomic mass is 9.84. The van der Waals surface area contributed by atoms with Gasteiger partial charge in [-0.15, -0.1) is 0 Å². The van der Waals surface area contributed by atoms with Gasteiger partial charge < -0.3 is 15.1 Å². The number of carbonyl (C=O) groups is 2. The highest BCUT2D eigenvalue weighted by Gasteiger charge is 2.22. The third kappa shape index (κ3) is 6.84. The van der Waals surface area contributed by atoms with E-state index in [2.05, 4.69) is 37.9 Å². The molecule has 2 aromatic carbocycles. The van der Waals surface area contributed by atoms with Crippen molar-refractivity contribution in [3.8, 4) is 0 Å². The molecule has 2 aromatic rings. The van der Waals surface area contributed by atoms with E-state index in [0.29, 0.717) is 25.4 Å². The fourth-order valence-corrected chi connectivity index (χ4v) is 4.33. The second kappa shape index (κ2) is 9.99. The summed E-state index contributed by atoms with van der Waals surface area (Å²) in [4.78, 5) is 29.2. The molecule has 5 nitrogen and oxygen atoms in total. The van der Waals surface area contributed by atoms with Crippen LogP contribution in [0, 0.1) is 11.3 Å². The second-order valence-electron chi connectivity index (χ2n) is 9.81. The summed E-state index contributed by atoms with van der Waals surface area (Å²) in [5, 5.41) is 3.02. The van der Waals surface area contributed by atoms with Gasteiger partial charge in [-0.3, -0.25) is 9.59 Å². The first-order chi connectivity index (χ1) is 14.7. The molecule has 0 aliphatic carbocycles. The molecule has 1 unspecified atom stereocenters. The van der Waals surface area contributed by atoms with Crippen LogP contribution in [-0.4, -0.2) is 42.9 Å². The van der Waals surface area contributed by atoms with Gasteiger partial charge in [-0.05, 0) is 54.2 Å². The number of benzene rings is 2. The monoisotopic (exact) mass is 421 g/mol. The summed E-state index contributed by atoms with van der Waals surface area (Å²) in [5.41, 5.74) is 2.92. The Bertz CT molecular complexity index is 864. The van der Waals surface area contributed by atoms with Crippen LogP contribution in [0.4, 0.5) is 11.4 Å². The van der Waals surface area contributed by atoms with Crippen LogP contribution in [0.5, 0.6) is 0 Å². The fraction of sp³-hybridized carbons (Fsp3) is 0.462. The first kappa shape index (κ1) is 22.9. The molecule has 1 heterocycles. The molecule has 31 heavy (non-hydrogen) atoms. The number of piperazine rings is 1. The summed E-state index contributed by atoms with van der Waals surface area (Å²) in [7, 11) is 0. The molecule has 0 bridgehead atoms. The lowest BCUT2D eigenvalue weighted by Crippen LogP contribution is -2.48. The largest absolute Gasteiger partial charge is 0.368 e. The summed E-state index contributed by atoms with van der Waals surface area (Å²) in [6.07, 6.45) is 1.56. The van der Waals surface area contributed by atoms with E-state index in [9.17, 15) is 9.59 Å². The third-order valence-electron chi connectivity index (χ3n) is 5.60. The van der Waals surface area contributed by atoms with Gasteiger partial charge >= 0.3 is 0 Å². The minimum atomic E-state index is 0.0672. The summed E-state index contributed by atoms with van der Waals surface area (Å²) in [5.74, 6) is 0.519. The van der Waals surface area contributed by atoms with Crippen molar-refractivity contribution in [2.45, 2.75) is 40.5 Å². The molecule has 1 saturated heterocycles. The minimum absolute atomic E-state index is 0.0672. The molecule has 1 aliphatic heterocycles. The van der Waals surface area contributed by atoms with E-state index in [1.165, 1.54) is 0 Å². The van der Waals surface area contributed by atoms with Crippen LogP contribution in [0.1, 0.15) is 50.9 Å². The van der Waals surface area contributed by atoms with Gasteiger partial charge in [0.2, 0.25) is 5.91 Å². The predicted molar refractivity (Wildman–Crippen MR) is 127 cm³/mol. The molecule has 1 atom stereocenters. The van der Waals surface area contributed by atoms with Gasteiger partial charge in [-0.25, -0.2) is 0 Å². The Balaban J connectivity index is 1.48. The van der Waals surface area contributed by atoms with Crippen molar-refractivity contribution in [3.05, 3.63) is 60.2 Å². The van der Waals surface area contributed by atoms with Crippen molar-refractivity contribution in [1.82, 2.24) is 4.90 Å². The summed E-state index contributed by atoms with van der Waals surface area (Å²) < 4.78 is 0. The van der Waals surface area contributed by atoms with Gasteiger partial charge in [-0.1, -0.05) is 45.9 Å². The van der Waals surface area contributed by atoms with E-state index in [1.54, 1.807) is 0 Å². The lowest BCUT2D eigenvalue weighted by molar-refractivity contribution is -0.117. The molecule has 166 valence electrons. The maximum Gasteiger partial charge on any atom is 0.253 e. The van der Waals surface area contributed by atoms with Crippen LogP contribution in [0.2, 0.25) is 0 Å². The highest BCUT2D eigenvalue weighted by molar-refractivity contribution is 5.94. The van der Waals surface area contributed by atoms with Gasteiger partial charge in [0.1, 0.15) is 0 Å². The molecule has 3 rings (SSSR count). The Hall–Kier alpha value is -2.82. The quantitative estimate of drug-likeness (QED) is 0.710. The third-order valence-corrected chi connectivity index (χ3v) is 5.60. The molecule has 0 spiro atoms. The number of hydrogen-bond acceptors (Lipinski definition) is 3. The van der Waals surface area contributed by atoms with Crippen LogP contribution in [0.25, 0.3) is 0 Å². The van der Waals surface area contributed by atoms with Gasteiger partial charge in [0, 0.05) is 49.5 Å². The normalized spacial score (nSPS) is 15.5. The molecule has 0 saturated carbocycles. The van der Waals surface area contributed by atoms with Gasteiger partial charge in [-0.2, -0.15) is 0 Å². The van der Waals surface area contributed by atoms with Crippen molar-refractivity contribution < 1.29 is 9.59 Å². The number of nitrogens with zero attached hydrogens (tertiary/aromatic N) is 2. The van der Waals surface area contributed by atoms with Crippen LogP contribution in [-0.2, 0) is 4.79 Å². The SMILES string of the molecule is CC(CC(=O)Nc1ccc(N2CCN(C(=O)c3ccccc3)CC2)cc1)CC(C)(C)C. The topological polar surface area (TPSA) is 52.7 Å². The molecular weight excluding hydrogens is 386 g/mol. The minimum Gasteiger partial charge on any atom is -0.368 e. The van der Waals surface area contributed by atoms with E-state index in [4.69, 9.17) is 0 Å². The Morgan fingerprint density at radius 2 is 1.55 bits per heavy atom. The van der Waals surface area contributed by atoms with Crippen LogP contribution < -0.4 is 10.2 Å². The Labute approximate surface area is 186 Å². The van der Waals surface area contributed by atoms with E-state index < -0.39 is 0 Å². The van der Waals surface area contributed by atoms with E-state index in [-0.39, 0.29) is 17.2 Å². The Morgan fingerprint density at radius 1 is 0.935 bits per heavy atom. The number of rotatable bonds is 6. The fourth-order valence-electron chi connectivity index (χ4n) is 4.33. The maximum absolute atomic E-state index is 12.6. The zero-order valence-electron chi connectivity index (χ0n) is 19.2. The van der Waals surface area contributed by atoms with Crippen LogP contribution in [0.3, 0.4) is 0 Å². The number of anilines is 2. The first-order valence-electron chi connectivity index (χ1n) is 11.2. The molecule has 1 N–H and O–H groups in total. The molecule has 1 aliphatic rings. The molecule has 1 fully saturated rings. The Morgan fingerprint density at radius 3 is 2.13 bits per heavy atom. The summed E-state index contributed by atoms with van der Waals surface area (Å²) in [6, 6.07) is 17.5. The van der Waals surface area contributed by atoms with Crippen molar-refractivity contribution in [2.75, 3.05) is 36.4 Å². The average Bonchev–Trinajstić information content (AvgIpc) is 2.73. The second-order valence-corrected chi connectivity index (χ2v) is 9.81. The molecule has 0 aromatic heterocycles.